The van der Waals surface area contributed by atoms with Gasteiger partial charge in [-0.15, -0.1) is 0 Å². The van der Waals surface area contributed by atoms with Crippen LogP contribution in [-0.4, -0.2) is 50.1 Å². The van der Waals surface area contributed by atoms with E-state index in [-0.39, 0.29) is 29.7 Å². The lowest BCUT2D eigenvalue weighted by molar-refractivity contribution is 0.0692. The molecule has 0 saturated carbocycles. The molecule has 1 rings (SSSR count). The van der Waals surface area contributed by atoms with Gasteiger partial charge in [0, 0.05) is 19.7 Å². The summed E-state index contributed by atoms with van der Waals surface area (Å²) in [4.78, 5) is 11.0. The molecule has 20 heavy (non-hydrogen) atoms. The van der Waals surface area contributed by atoms with Gasteiger partial charge < -0.3 is 9.84 Å². The Balaban J connectivity index is 3.31. The number of rotatable bonds is 7. The van der Waals surface area contributed by atoms with Crippen molar-refractivity contribution < 1.29 is 23.1 Å². The summed E-state index contributed by atoms with van der Waals surface area (Å²) in [6.07, 6.45) is 0. The molecule has 1 N–H and O–H groups in total. The van der Waals surface area contributed by atoms with Crippen molar-refractivity contribution in [3.8, 4) is 0 Å². The second kappa shape index (κ2) is 6.83. The first-order valence-corrected chi connectivity index (χ1v) is 7.63. The predicted octanol–water partition coefficient (Wildman–Crippen LogP) is 1.43. The average Bonchev–Trinajstić information content (AvgIpc) is 2.39. The number of carboxylic acids is 1. The van der Waals surface area contributed by atoms with Crippen molar-refractivity contribution in [2.75, 3.05) is 20.3 Å². The van der Waals surface area contributed by atoms with Crippen molar-refractivity contribution in [2.24, 2.45) is 0 Å². The SMILES string of the molecule is CCN(C(C)COC)S(=O)(=O)c1ccccc1C(=O)O. The molecule has 0 bridgehead atoms. The topological polar surface area (TPSA) is 83.9 Å². The van der Waals surface area contributed by atoms with Crippen LogP contribution < -0.4 is 0 Å². The van der Waals surface area contributed by atoms with Crippen molar-refractivity contribution >= 4 is 16.0 Å². The van der Waals surface area contributed by atoms with Gasteiger partial charge in [-0.25, -0.2) is 13.2 Å². The van der Waals surface area contributed by atoms with Gasteiger partial charge in [0.15, 0.2) is 0 Å². The van der Waals surface area contributed by atoms with Gasteiger partial charge in [0.25, 0.3) is 0 Å². The van der Waals surface area contributed by atoms with Crippen LogP contribution in [0.5, 0.6) is 0 Å². The number of hydrogen-bond donors (Lipinski definition) is 1. The lowest BCUT2D eigenvalue weighted by Crippen LogP contribution is -2.41. The number of carboxylic acid groups (broad SMARTS) is 1. The lowest BCUT2D eigenvalue weighted by Gasteiger charge is -2.27. The van der Waals surface area contributed by atoms with Gasteiger partial charge in [-0.1, -0.05) is 19.1 Å². The lowest BCUT2D eigenvalue weighted by atomic mass is 10.2. The second-order valence-electron chi connectivity index (χ2n) is 4.31. The van der Waals surface area contributed by atoms with Crippen LogP contribution in [0.1, 0.15) is 24.2 Å². The molecule has 0 fully saturated rings. The number of aromatic carboxylic acids is 1. The minimum atomic E-state index is -3.88. The summed E-state index contributed by atoms with van der Waals surface area (Å²) in [6, 6.07) is 5.22. The number of ether oxygens (including phenoxy) is 1. The molecule has 0 amide bonds. The molecule has 0 aliphatic heterocycles. The summed E-state index contributed by atoms with van der Waals surface area (Å²) >= 11 is 0. The Bertz CT molecular complexity index is 570. The van der Waals surface area contributed by atoms with Crippen LogP contribution >= 0.6 is 0 Å². The average molecular weight is 301 g/mol. The van der Waals surface area contributed by atoms with Crippen LogP contribution in [0.25, 0.3) is 0 Å². The van der Waals surface area contributed by atoms with Gasteiger partial charge in [-0.05, 0) is 19.1 Å². The van der Waals surface area contributed by atoms with E-state index < -0.39 is 16.0 Å². The maximum Gasteiger partial charge on any atom is 0.337 e. The Hall–Kier alpha value is -1.44. The Morgan fingerprint density at radius 3 is 2.50 bits per heavy atom. The van der Waals surface area contributed by atoms with Gasteiger partial charge in [-0.3, -0.25) is 0 Å². The van der Waals surface area contributed by atoms with Crippen molar-refractivity contribution in [1.29, 1.82) is 0 Å². The highest BCUT2D eigenvalue weighted by Crippen LogP contribution is 2.22. The van der Waals surface area contributed by atoms with E-state index in [0.29, 0.717) is 0 Å². The maximum atomic E-state index is 12.6. The molecule has 1 aromatic carbocycles. The first-order valence-electron chi connectivity index (χ1n) is 6.19. The van der Waals surface area contributed by atoms with Crippen LogP contribution in [0.4, 0.5) is 0 Å². The van der Waals surface area contributed by atoms with E-state index in [1.54, 1.807) is 13.8 Å². The van der Waals surface area contributed by atoms with Gasteiger partial charge >= 0.3 is 5.97 Å². The van der Waals surface area contributed by atoms with Crippen LogP contribution in [0.15, 0.2) is 29.2 Å². The Morgan fingerprint density at radius 2 is 2.00 bits per heavy atom. The molecule has 0 aromatic heterocycles. The van der Waals surface area contributed by atoms with Gasteiger partial charge in [0.05, 0.1) is 17.1 Å². The molecule has 0 aliphatic rings. The Morgan fingerprint density at radius 1 is 1.40 bits per heavy atom. The van der Waals surface area contributed by atoms with Crippen LogP contribution in [-0.2, 0) is 14.8 Å². The molecular formula is C13H19NO5S. The molecule has 0 spiro atoms. The summed E-state index contributed by atoms with van der Waals surface area (Å²) in [5.74, 6) is -1.26. The van der Waals surface area contributed by atoms with E-state index in [1.807, 2.05) is 0 Å². The smallest absolute Gasteiger partial charge is 0.337 e. The highest BCUT2D eigenvalue weighted by Gasteiger charge is 2.31. The number of nitrogens with zero attached hydrogens (tertiary/aromatic N) is 1. The predicted molar refractivity (Wildman–Crippen MR) is 74.3 cm³/mol. The highest BCUT2D eigenvalue weighted by molar-refractivity contribution is 7.89. The number of likely N-dealkylation sites (N-methyl/N-ethyl adjacent to an activating group) is 1. The first-order chi connectivity index (χ1) is 9.36. The van der Waals surface area contributed by atoms with E-state index in [1.165, 1.54) is 35.7 Å². The third-order valence-electron chi connectivity index (χ3n) is 2.92. The summed E-state index contributed by atoms with van der Waals surface area (Å²) in [5, 5.41) is 9.12. The number of carbonyl (C=O) groups is 1. The van der Waals surface area contributed by atoms with E-state index in [9.17, 15) is 13.2 Å². The quantitative estimate of drug-likeness (QED) is 0.823. The minimum Gasteiger partial charge on any atom is -0.478 e. The third kappa shape index (κ3) is 3.36. The fourth-order valence-corrected chi connectivity index (χ4v) is 3.85. The Kier molecular flexibility index (Phi) is 5.67. The normalized spacial score (nSPS) is 13.4. The van der Waals surface area contributed by atoms with Crippen molar-refractivity contribution in [3.05, 3.63) is 29.8 Å². The molecule has 1 aromatic rings. The van der Waals surface area contributed by atoms with Crippen molar-refractivity contribution in [3.63, 3.8) is 0 Å². The molecule has 0 radical (unpaired) electrons. The van der Waals surface area contributed by atoms with Gasteiger partial charge in [0.1, 0.15) is 0 Å². The molecule has 0 saturated heterocycles. The van der Waals surface area contributed by atoms with Crippen molar-refractivity contribution in [1.82, 2.24) is 4.31 Å². The minimum absolute atomic E-state index is 0.197. The van der Waals surface area contributed by atoms with E-state index >= 15 is 0 Å². The van der Waals surface area contributed by atoms with Crippen LogP contribution in [0, 0.1) is 0 Å². The molecule has 1 unspecified atom stereocenters. The van der Waals surface area contributed by atoms with E-state index in [2.05, 4.69) is 0 Å². The fraction of sp³-hybridized carbons (Fsp3) is 0.462. The third-order valence-corrected chi connectivity index (χ3v) is 5.06. The molecule has 7 heteroatoms. The monoisotopic (exact) mass is 301 g/mol. The molecular weight excluding hydrogens is 282 g/mol. The fourth-order valence-electron chi connectivity index (χ4n) is 2.04. The number of hydrogen-bond acceptors (Lipinski definition) is 4. The van der Waals surface area contributed by atoms with Crippen LogP contribution in [0.3, 0.4) is 0 Å². The van der Waals surface area contributed by atoms with Crippen molar-refractivity contribution in [2.45, 2.75) is 24.8 Å². The first kappa shape index (κ1) is 16.6. The number of methoxy groups -OCH3 is 1. The zero-order chi connectivity index (χ0) is 15.3. The molecule has 6 nitrogen and oxygen atoms in total. The molecule has 112 valence electrons. The zero-order valence-electron chi connectivity index (χ0n) is 11.7. The highest BCUT2D eigenvalue weighted by atomic mass is 32.2. The number of sulfonamides is 1. The summed E-state index contributed by atoms with van der Waals surface area (Å²) in [7, 11) is -2.39. The maximum absolute atomic E-state index is 12.6. The Labute approximate surface area is 119 Å². The standard InChI is InChI=1S/C13H19NO5S/c1-4-14(10(2)9-19-3)20(17,18)12-8-6-5-7-11(12)13(15)16/h5-8,10H,4,9H2,1-3H3,(H,15,16). The van der Waals surface area contributed by atoms with Gasteiger partial charge in [0.2, 0.25) is 10.0 Å². The number of benzene rings is 1. The largest absolute Gasteiger partial charge is 0.478 e. The van der Waals surface area contributed by atoms with E-state index in [4.69, 9.17) is 9.84 Å². The van der Waals surface area contributed by atoms with E-state index in [0.717, 1.165) is 0 Å². The second-order valence-corrected chi connectivity index (χ2v) is 6.17. The molecule has 0 heterocycles. The summed E-state index contributed by atoms with van der Waals surface area (Å²) in [6.45, 7) is 3.89. The molecule has 1 atom stereocenters. The zero-order valence-corrected chi connectivity index (χ0v) is 12.6. The summed E-state index contributed by atoms with van der Waals surface area (Å²) < 4.78 is 31.4. The summed E-state index contributed by atoms with van der Waals surface area (Å²) in [5.41, 5.74) is -0.226. The van der Waals surface area contributed by atoms with Crippen LogP contribution in [0.2, 0.25) is 0 Å². The van der Waals surface area contributed by atoms with Gasteiger partial charge in [-0.2, -0.15) is 4.31 Å². The molecule has 0 aliphatic carbocycles.